The largest absolute Gasteiger partial charge is 0.478 e. The Morgan fingerprint density at radius 3 is 2.33 bits per heavy atom. The number of carboxylic acids is 1. The molecule has 0 aliphatic heterocycles. The Hall–Kier alpha value is -3.65. The lowest BCUT2D eigenvalue weighted by molar-refractivity contribution is -0.111. The molecule has 0 aromatic heterocycles. The second kappa shape index (κ2) is 8.38. The number of carbonyl (C=O) groups is 2. The number of carbonyl (C=O) groups excluding carboxylic acids is 1. The number of aromatic carboxylic acids is 1. The van der Waals surface area contributed by atoms with Gasteiger partial charge in [-0.15, -0.1) is 0 Å². The number of rotatable bonds is 6. The fourth-order valence-corrected chi connectivity index (χ4v) is 3.55. The molecule has 0 bridgehead atoms. The number of fused-ring (bicyclic) bond motifs is 1. The highest BCUT2D eigenvalue weighted by Crippen LogP contribution is 2.24. The molecule has 0 saturated heterocycles. The molecule has 0 heterocycles. The zero-order chi connectivity index (χ0) is 21.9. The molecule has 1 amide bonds. The van der Waals surface area contributed by atoms with Crippen LogP contribution in [0.2, 0.25) is 0 Å². The average molecular weight is 424 g/mol. The van der Waals surface area contributed by atoms with Gasteiger partial charge in [-0.25, -0.2) is 13.2 Å². The predicted octanol–water partition coefficient (Wildman–Crippen LogP) is 3.95. The van der Waals surface area contributed by atoms with E-state index in [9.17, 15) is 23.1 Å². The van der Waals surface area contributed by atoms with Crippen LogP contribution in [-0.2, 0) is 14.8 Å². The molecule has 0 saturated carbocycles. The molecule has 3 aromatic carbocycles. The quantitative estimate of drug-likeness (QED) is 0.519. The highest BCUT2D eigenvalue weighted by Gasteiger charge is 2.14. The van der Waals surface area contributed by atoms with E-state index in [1.807, 2.05) is 42.5 Å². The van der Waals surface area contributed by atoms with E-state index in [0.717, 1.165) is 22.6 Å². The molecule has 30 heavy (non-hydrogen) atoms. The van der Waals surface area contributed by atoms with Crippen LogP contribution in [0.4, 0.5) is 11.4 Å². The van der Waals surface area contributed by atoms with E-state index in [0.29, 0.717) is 5.57 Å². The van der Waals surface area contributed by atoms with Gasteiger partial charge in [0.05, 0.1) is 23.2 Å². The third-order valence-electron chi connectivity index (χ3n) is 4.36. The third kappa shape index (κ3) is 5.24. The van der Waals surface area contributed by atoms with Crippen molar-refractivity contribution < 1.29 is 23.1 Å². The summed E-state index contributed by atoms with van der Waals surface area (Å²) in [7, 11) is -3.55. The number of carboxylic acid groups (broad SMARTS) is 1. The summed E-state index contributed by atoms with van der Waals surface area (Å²) >= 11 is 0. The van der Waals surface area contributed by atoms with Gasteiger partial charge >= 0.3 is 5.97 Å². The maximum Gasteiger partial charge on any atom is 0.337 e. The zero-order valence-corrected chi connectivity index (χ0v) is 17.2. The molecule has 7 nitrogen and oxygen atoms in total. The number of sulfonamides is 1. The van der Waals surface area contributed by atoms with E-state index in [1.165, 1.54) is 24.3 Å². The molecule has 154 valence electrons. The van der Waals surface area contributed by atoms with Gasteiger partial charge < -0.3 is 10.4 Å². The second-order valence-electron chi connectivity index (χ2n) is 6.82. The van der Waals surface area contributed by atoms with Crippen LogP contribution in [0.3, 0.4) is 0 Å². The van der Waals surface area contributed by atoms with E-state index in [2.05, 4.69) is 10.0 Å². The number of nitrogens with one attached hydrogen (secondary N) is 2. The van der Waals surface area contributed by atoms with Gasteiger partial charge in [-0.05, 0) is 53.1 Å². The Morgan fingerprint density at radius 2 is 1.67 bits per heavy atom. The van der Waals surface area contributed by atoms with E-state index in [1.54, 1.807) is 6.92 Å². The van der Waals surface area contributed by atoms with Crippen molar-refractivity contribution in [2.75, 3.05) is 16.3 Å². The Kier molecular flexibility index (Phi) is 5.89. The minimum Gasteiger partial charge on any atom is -0.478 e. The fourth-order valence-electron chi connectivity index (χ4n) is 3.00. The number of allylic oxidation sites excluding steroid dienone is 1. The van der Waals surface area contributed by atoms with Gasteiger partial charge in [0.25, 0.3) is 0 Å². The standard InChI is InChI=1S/C22H20N2O5S/c1-14(16-8-7-15-5-3-4-6-17(15)12-16)11-21(25)23-20-13-18(24-30(2,28)29)9-10-19(20)22(26)27/h3-13,24H,1-2H3,(H,23,25)(H,26,27)/b14-11-. The van der Waals surface area contributed by atoms with Crippen LogP contribution in [-0.4, -0.2) is 31.7 Å². The second-order valence-corrected chi connectivity index (χ2v) is 8.57. The molecule has 8 heteroatoms. The Bertz CT molecular complexity index is 1280. The van der Waals surface area contributed by atoms with Crippen molar-refractivity contribution in [2.45, 2.75) is 6.92 Å². The van der Waals surface area contributed by atoms with Gasteiger partial charge in [0.2, 0.25) is 15.9 Å². The third-order valence-corrected chi connectivity index (χ3v) is 4.97. The van der Waals surface area contributed by atoms with Gasteiger partial charge in [0.1, 0.15) is 0 Å². The first kappa shape index (κ1) is 21.1. The molecular formula is C22H20N2O5S. The first-order valence-electron chi connectivity index (χ1n) is 8.96. The normalized spacial score (nSPS) is 11.9. The summed E-state index contributed by atoms with van der Waals surface area (Å²) in [5.74, 6) is -1.77. The van der Waals surface area contributed by atoms with Crippen LogP contribution in [0.15, 0.2) is 66.7 Å². The Labute approximate surface area is 174 Å². The van der Waals surface area contributed by atoms with E-state index >= 15 is 0 Å². The molecular weight excluding hydrogens is 404 g/mol. The smallest absolute Gasteiger partial charge is 0.337 e. The molecule has 3 rings (SSSR count). The average Bonchev–Trinajstić information content (AvgIpc) is 2.66. The summed E-state index contributed by atoms with van der Waals surface area (Å²) in [5, 5.41) is 14.0. The molecule has 0 atom stereocenters. The maximum absolute atomic E-state index is 12.5. The van der Waals surface area contributed by atoms with Gasteiger partial charge in [0, 0.05) is 6.08 Å². The van der Waals surface area contributed by atoms with Crippen molar-refractivity contribution in [1.29, 1.82) is 0 Å². The van der Waals surface area contributed by atoms with Crippen molar-refractivity contribution in [1.82, 2.24) is 0 Å². The zero-order valence-electron chi connectivity index (χ0n) is 16.3. The van der Waals surface area contributed by atoms with Gasteiger partial charge in [-0.1, -0.05) is 36.4 Å². The minimum absolute atomic E-state index is 0.0105. The molecule has 0 radical (unpaired) electrons. The van der Waals surface area contributed by atoms with Crippen molar-refractivity contribution in [3.8, 4) is 0 Å². The Morgan fingerprint density at radius 1 is 0.967 bits per heavy atom. The summed E-state index contributed by atoms with van der Waals surface area (Å²) in [6, 6.07) is 17.5. The topological polar surface area (TPSA) is 113 Å². The highest BCUT2D eigenvalue weighted by molar-refractivity contribution is 7.92. The molecule has 0 aliphatic carbocycles. The molecule has 3 aromatic rings. The lowest BCUT2D eigenvalue weighted by Gasteiger charge is -2.11. The van der Waals surface area contributed by atoms with Crippen LogP contribution < -0.4 is 10.0 Å². The highest BCUT2D eigenvalue weighted by atomic mass is 32.2. The minimum atomic E-state index is -3.55. The lowest BCUT2D eigenvalue weighted by atomic mass is 10.0. The first-order valence-corrected chi connectivity index (χ1v) is 10.8. The molecule has 0 fully saturated rings. The van der Waals surface area contributed by atoms with Crippen molar-refractivity contribution in [2.24, 2.45) is 0 Å². The number of hydrogen-bond acceptors (Lipinski definition) is 4. The van der Waals surface area contributed by atoms with E-state index in [-0.39, 0.29) is 16.9 Å². The van der Waals surface area contributed by atoms with Crippen LogP contribution in [0.5, 0.6) is 0 Å². The molecule has 0 spiro atoms. The van der Waals surface area contributed by atoms with Crippen LogP contribution >= 0.6 is 0 Å². The summed E-state index contributed by atoms with van der Waals surface area (Å²) in [4.78, 5) is 24.0. The van der Waals surface area contributed by atoms with E-state index < -0.39 is 21.9 Å². The maximum atomic E-state index is 12.5. The molecule has 0 unspecified atom stereocenters. The first-order chi connectivity index (χ1) is 14.1. The van der Waals surface area contributed by atoms with Crippen LogP contribution in [0.25, 0.3) is 16.3 Å². The van der Waals surface area contributed by atoms with Crippen molar-refractivity contribution in [3.63, 3.8) is 0 Å². The van der Waals surface area contributed by atoms with Crippen LogP contribution in [0.1, 0.15) is 22.8 Å². The SMILES string of the molecule is C/C(=C/C(=O)Nc1cc(NS(C)(=O)=O)ccc1C(=O)O)c1ccc2ccccc2c1. The van der Waals surface area contributed by atoms with Crippen molar-refractivity contribution in [3.05, 3.63) is 77.9 Å². The summed E-state index contributed by atoms with van der Waals surface area (Å²) in [6.07, 6.45) is 2.35. The van der Waals surface area contributed by atoms with Crippen LogP contribution in [0, 0.1) is 0 Å². The lowest BCUT2D eigenvalue weighted by Crippen LogP contribution is -2.14. The van der Waals surface area contributed by atoms with Gasteiger partial charge in [-0.3, -0.25) is 9.52 Å². The van der Waals surface area contributed by atoms with E-state index in [4.69, 9.17) is 0 Å². The predicted molar refractivity (Wildman–Crippen MR) is 118 cm³/mol. The fraction of sp³-hybridized carbons (Fsp3) is 0.0909. The van der Waals surface area contributed by atoms with Crippen molar-refractivity contribution >= 4 is 49.6 Å². The summed E-state index contributed by atoms with van der Waals surface area (Å²) in [5.41, 5.74) is 1.53. The molecule has 3 N–H and O–H groups in total. The number of anilines is 2. The monoisotopic (exact) mass is 424 g/mol. The number of amides is 1. The Balaban J connectivity index is 1.87. The number of benzene rings is 3. The number of hydrogen-bond donors (Lipinski definition) is 3. The summed E-state index contributed by atoms with van der Waals surface area (Å²) in [6.45, 7) is 1.78. The van der Waals surface area contributed by atoms with Gasteiger partial charge in [0.15, 0.2) is 0 Å². The van der Waals surface area contributed by atoms with Gasteiger partial charge in [-0.2, -0.15) is 0 Å². The summed E-state index contributed by atoms with van der Waals surface area (Å²) < 4.78 is 25.1. The molecule has 0 aliphatic rings.